The fraction of sp³-hybridized carbons (Fsp3) is 0.364. The molecule has 1 aliphatic heterocycles. The van der Waals surface area contributed by atoms with Crippen molar-refractivity contribution in [2.24, 2.45) is 5.73 Å². The molecule has 6 nitrogen and oxygen atoms in total. The Labute approximate surface area is 170 Å². The van der Waals surface area contributed by atoms with E-state index >= 15 is 0 Å². The summed E-state index contributed by atoms with van der Waals surface area (Å²) in [6.45, 7) is 1.90. The molecule has 0 aliphatic carbocycles. The first-order valence-corrected chi connectivity index (χ1v) is 9.99. The van der Waals surface area contributed by atoms with Crippen molar-refractivity contribution in [3.05, 3.63) is 59.9 Å². The maximum atomic E-state index is 14.2. The Bertz CT molecular complexity index is 850. The smallest absolute Gasteiger partial charge is 0.312 e. The molecular formula is C22H27FN4O2. The zero-order valence-electron chi connectivity index (χ0n) is 16.4. The van der Waals surface area contributed by atoms with Crippen LogP contribution in [-0.2, 0) is 4.79 Å². The van der Waals surface area contributed by atoms with E-state index in [1.54, 1.807) is 12.1 Å². The van der Waals surface area contributed by atoms with Gasteiger partial charge in [-0.3, -0.25) is 4.79 Å². The van der Waals surface area contributed by atoms with Gasteiger partial charge in [-0.2, -0.15) is 0 Å². The average Bonchev–Trinajstić information content (AvgIpc) is 2.97. The molecule has 0 spiro atoms. The number of rotatable bonds is 6. The van der Waals surface area contributed by atoms with E-state index in [9.17, 15) is 14.0 Å². The van der Waals surface area contributed by atoms with Gasteiger partial charge in [-0.1, -0.05) is 43.2 Å². The number of nitrogens with one attached hydrogen (secondary N) is 2. The SMILES string of the molecule is NC(=O)N[C@@H](CC(=O)Nc1ccccc1N1CCCCCC1)c1ccccc1F. The lowest BCUT2D eigenvalue weighted by molar-refractivity contribution is -0.116. The zero-order valence-corrected chi connectivity index (χ0v) is 16.4. The molecule has 1 fully saturated rings. The van der Waals surface area contributed by atoms with Crippen molar-refractivity contribution in [2.45, 2.75) is 38.1 Å². The second-order valence-corrected chi connectivity index (χ2v) is 7.25. The van der Waals surface area contributed by atoms with E-state index in [0.717, 1.165) is 31.6 Å². The number of nitrogens with two attached hydrogens (primary N) is 1. The molecule has 2 aromatic carbocycles. The van der Waals surface area contributed by atoms with E-state index in [-0.39, 0.29) is 17.9 Å². The maximum absolute atomic E-state index is 14.2. The van der Waals surface area contributed by atoms with Crippen molar-refractivity contribution in [1.29, 1.82) is 0 Å². The van der Waals surface area contributed by atoms with Gasteiger partial charge >= 0.3 is 6.03 Å². The fourth-order valence-electron chi connectivity index (χ4n) is 3.72. The molecule has 7 heteroatoms. The second kappa shape index (κ2) is 9.91. The maximum Gasteiger partial charge on any atom is 0.312 e. The number of hydrogen-bond donors (Lipinski definition) is 3. The molecule has 1 saturated heterocycles. The number of hydrogen-bond acceptors (Lipinski definition) is 3. The first kappa shape index (κ1) is 20.6. The van der Waals surface area contributed by atoms with Crippen LogP contribution in [0.4, 0.5) is 20.6 Å². The monoisotopic (exact) mass is 398 g/mol. The Morgan fingerprint density at radius 3 is 2.34 bits per heavy atom. The third-order valence-corrected chi connectivity index (χ3v) is 5.11. The number of para-hydroxylation sites is 2. The zero-order chi connectivity index (χ0) is 20.6. The van der Waals surface area contributed by atoms with Crippen LogP contribution in [-0.4, -0.2) is 25.0 Å². The highest BCUT2D eigenvalue weighted by Gasteiger charge is 2.22. The predicted octanol–water partition coefficient (Wildman–Crippen LogP) is 3.94. The molecule has 29 heavy (non-hydrogen) atoms. The van der Waals surface area contributed by atoms with E-state index in [1.165, 1.54) is 25.0 Å². The molecule has 1 atom stereocenters. The molecule has 1 aliphatic rings. The van der Waals surface area contributed by atoms with Crippen LogP contribution in [0.5, 0.6) is 0 Å². The van der Waals surface area contributed by atoms with Gasteiger partial charge in [0.05, 0.1) is 23.8 Å². The summed E-state index contributed by atoms with van der Waals surface area (Å²) >= 11 is 0. The molecule has 2 aromatic rings. The quantitative estimate of drug-likeness (QED) is 0.689. The normalized spacial score (nSPS) is 15.3. The van der Waals surface area contributed by atoms with Crippen LogP contribution < -0.4 is 21.3 Å². The Hall–Kier alpha value is -3.09. The molecule has 0 radical (unpaired) electrons. The van der Waals surface area contributed by atoms with Gasteiger partial charge in [0, 0.05) is 18.7 Å². The lowest BCUT2D eigenvalue weighted by Crippen LogP contribution is -2.35. The number of primary amides is 1. The summed E-state index contributed by atoms with van der Waals surface area (Å²) < 4.78 is 14.2. The lowest BCUT2D eigenvalue weighted by Gasteiger charge is -2.26. The van der Waals surface area contributed by atoms with Crippen LogP contribution >= 0.6 is 0 Å². The van der Waals surface area contributed by atoms with E-state index < -0.39 is 17.9 Å². The summed E-state index contributed by atoms with van der Waals surface area (Å²) in [5, 5.41) is 5.39. The van der Waals surface area contributed by atoms with Crippen molar-refractivity contribution in [3.8, 4) is 0 Å². The summed E-state index contributed by atoms with van der Waals surface area (Å²) in [6.07, 6.45) is 4.56. The Kier molecular flexibility index (Phi) is 7.05. The fourth-order valence-corrected chi connectivity index (χ4v) is 3.72. The van der Waals surface area contributed by atoms with Crippen LogP contribution in [0, 0.1) is 5.82 Å². The highest BCUT2D eigenvalue weighted by Crippen LogP contribution is 2.29. The highest BCUT2D eigenvalue weighted by molar-refractivity contribution is 5.95. The molecule has 0 bridgehead atoms. The number of anilines is 2. The van der Waals surface area contributed by atoms with E-state index in [0.29, 0.717) is 5.69 Å². The predicted molar refractivity (Wildman–Crippen MR) is 112 cm³/mol. The van der Waals surface area contributed by atoms with Gasteiger partial charge in [0.2, 0.25) is 5.91 Å². The van der Waals surface area contributed by atoms with Crippen molar-refractivity contribution in [2.75, 3.05) is 23.3 Å². The number of nitrogens with zero attached hydrogens (tertiary/aromatic N) is 1. The molecular weight excluding hydrogens is 371 g/mol. The standard InChI is InChI=1S/C22H27FN4O2/c23-17-10-4-3-9-16(17)19(26-22(24)29)15-21(28)25-18-11-5-6-12-20(18)27-13-7-1-2-8-14-27/h3-6,9-12,19H,1-2,7-8,13-15H2,(H,25,28)(H3,24,26,29)/t19-/m0/s1. The van der Waals surface area contributed by atoms with Crippen LogP contribution in [0.15, 0.2) is 48.5 Å². The van der Waals surface area contributed by atoms with E-state index in [4.69, 9.17) is 5.73 Å². The third-order valence-electron chi connectivity index (χ3n) is 5.11. The Morgan fingerprint density at radius 1 is 1.00 bits per heavy atom. The topological polar surface area (TPSA) is 87.5 Å². The molecule has 0 saturated carbocycles. The van der Waals surface area contributed by atoms with Crippen LogP contribution in [0.2, 0.25) is 0 Å². The third kappa shape index (κ3) is 5.70. The second-order valence-electron chi connectivity index (χ2n) is 7.25. The summed E-state index contributed by atoms with van der Waals surface area (Å²) in [6, 6.07) is 12.0. The van der Waals surface area contributed by atoms with Crippen LogP contribution in [0.3, 0.4) is 0 Å². The van der Waals surface area contributed by atoms with Gasteiger partial charge in [0.25, 0.3) is 0 Å². The van der Waals surface area contributed by atoms with Gasteiger partial charge in [0.1, 0.15) is 5.82 Å². The first-order valence-electron chi connectivity index (χ1n) is 9.99. The number of carbonyl (C=O) groups is 2. The van der Waals surface area contributed by atoms with Gasteiger partial charge in [-0.25, -0.2) is 9.18 Å². The van der Waals surface area contributed by atoms with Crippen molar-refractivity contribution >= 4 is 23.3 Å². The minimum atomic E-state index is -0.848. The summed E-state index contributed by atoms with van der Waals surface area (Å²) in [5.74, 6) is -0.821. The van der Waals surface area contributed by atoms with E-state index in [1.807, 2.05) is 24.3 Å². The van der Waals surface area contributed by atoms with Crippen molar-refractivity contribution < 1.29 is 14.0 Å². The number of carbonyl (C=O) groups excluding carboxylic acids is 2. The minimum absolute atomic E-state index is 0.127. The van der Waals surface area contributed by atoms with E-state index in [2.05, 4.69) is 15.5 Å². The summed E-state index contributed by atoms with van der Waals surface area (Å²) in [4.78, 5) is 26.4. The lowest BCUT2D eigenvalue weighted by atomic mass is 10.0. The molecule has 4 N–H and O–H groups in total. The number of benzene rings is 2. The Morgan fingerprint density at radius 2 is 1.66 bits per heavy atom. The molecule has 3 rings (SSSR count). The van der Waals surface area contributed by atoms with Crippen LogP contribution in [0.25, 0.3) is 0 Å². The molecule has 3 amide bonds. The summed E-state index contributed by atoms with van der Waals surface area (Å²) in [5.41, 5.74) is 7.15. The molecule has 0 aromatic heterocycles. The van der Waals surface area contributed by atoms with Gasteiger partial charge in [0.15, 0.2) is 0 Å². The number of amides is 3. The largest absolute Gasteiger partial charge is 0.370 e. The molecule has 1 heterocycles. The first-order chi connectivity index (χ1) is 14.0. The van der Waals surface area contributed by atoms with Gasteiger partial charge in [-0.15, -0.1) is 0 Å². The highest BCUT2D eigenvalue weighted by atomic mass is 19.1. The Balaban J connectivity index is 1.75. The van der Waals surface area contributed by atoms with Gasteiger partial charge < -0.3 is 21.3 Å². The summed E-state index contributed by atoms with van der Waals surface area (Å²) in [7, 11) is 0. The average molecular weight is 398 g/mol. The molecule has 0 unspecified atom stereocenters. The molecule has 154 valence electrons. The van der Waals surface area contributed by atoms with Crippen LogP contribution in [0.1, 0.15) is 43.7 Å². The number of urea groups is 1. The van der Waals surface area contributed by atoms with Crippen molar-refractivity contribution in [3.63, 3.8) is 0 Å². The minimum Gasteiger partial charge on any atom is -0.370 e. The number of halogens is 1. The van der Waals surface area contributed by atoms with Crippen molar-refractivity contribution in [1.82, 2.24) is 5.32 Å². The van der Waals surface area contributed by atoms with Gasteiger partial charge in [-0.05, 0) is 31.0 Å².